The molecule has 242 valence electrons. The third-order valence-corrected chi connectivity index (χ3v) is 8.10. The predicted molar refractivity (Wildman–Crippen MR) is 181 cm³/mol. The van der Waals surface area contributed by atoms with E-state index in [0.29, 0.717) is 33.0 Å². The summed E-state index contributed by atoms with van der Waals surface area (Å²) < 4.78 is 39.7. The van der Waals surface area contributed by atoms with Crippen LogP contribution in [0.3, 0.4) is 0 Å². The molecule has 1 heterocycles. The summed E-state index contributed by atoms with van der Waals surface area (Å²) in [6.07, 6.45) is -2.84. The topological polar surface area (TPSA) is 55.4 Å². The largest absolute Gasteiger partial charge is 0.374 e. The molecule has 5 atom stereocenters. The van der Waals surface area contributed by atoms with E-state index in [4.69, 9.17) is 28.4 Å². The van der Waals surface area contributed by atoms with Crippen molar-refractivity contribution >= 4 is 0 Å². The summed E-state index contributed by atoms with van der Waals surface area (Å²) in [6, 6.07) is 50.6. The molecule has 0 saturated carbocycles. The molecule has 0 spiro atoms. The van der Waals surface area contributed by atoms with Crippen LogP contribution >= 0.6 is 0 Å². The number of ether oxygens (including phenoxy) is 6. The summed E-state index contributed by atoms with van der Waals surface area (Å²) in [6.45, 7) is 2.23. The van der Waals surface area contributed by atoms with Crippen LogP contribution in [0.1, 0.15) is 27.8 Å². The van der Waals surface area contributed by atoms with Crippen molar-refractivity contribution in [2.75, 3.05) is 6.61 Å². The first kappa shape index (κ1) is 32.8. The fraction of sp³-hybridized carbons (Fsp3) is 0.268. The number of hydrogen-bond donors (Lipinski definition) is 0. The van der Waals surface area contributed by atoms with Crippen molar-refractivity contribution in [2.24, 2.45) is 0 Å². The van der Waals surface area contributed by atoms with Gasteiger partial charge in [-0.3, -0.25) is 0 Å². The van der Waals surface area contributed by atoms with Crippen molar-refractivity contribution in [1.29, 1.82) is 0 Å². The van der Waals surface area contributed by atoms with Crippen molar-refractivity contribution in [3.8, 4) is 0 Å². The van der Waals surface area contributed by atoms with Crippen molar-refractivity contribution < 1.29 is 28.4 Å². The van der Waals surface area contributed by atoms with Crippen molar-refractivity contribution in [2.45, 2.75) is 63.7 Å². The maximum atomic E-state index is 6.78. The zero-order valence-corrected chi connectivity index (χ0v) is 26.5. The van der Waals surface area contributed by atoms with E-state index >= 15 is 0 Å². The molecule has 1 aliphatic heterocycles. The standard InChI is InChI=1S/C41H42O6/c1-6-16-32(17-7-1)26-42-31-37-38(43-27-33-18-8-2-9-19-33)39(44-28-34-20-10-3-11-21-34)40(45-29-35-22-12-4-13-23-35)41(47-37)46-30-36-24-14-5-15-25-36/h1-25,37-41H,26-31H2/t37-,38-,39+,40+,41+/m1/s1. The fourth-order valence-corrected chi connectivity index (χ4v) is 5.63. The van der Waals surface area contributed by atoms with Crippen molar-refractivity contribution in [1.82, 2.24) is 0 Å². The van der Waals surface area contributed by atoms with E-state index < -0.39 is 30.7 Å². The zero-order chi connectivity index (χ0) is 31.9. The summed E-state index contributed by atoms with van der Waals surface area (Å²) in [4.78, 5) is 0. The first-order chi connectivity index (χ1) is 23.3. The molecule has 1 saturated heterocycles. The second-order valence-corrected chi connectivity index (χ2v) is 11.6. The second kappa shape index (κ2) is 17.7. The lowest BCUT2D eigenvalue weighted by atomic mass is 9.97. The Morgan fingerprint density at radius 3 is 1.13 bits per heavy atom. The van der Waals surface area contributed by atoms with E-state index in [1.807, 2.05) is 115 Å². The Bertz CT molecular complexity index is 1550. The van der Waals surface area contributed by atoms with Gasteiger partial charge >= 0.3 is 0 Å². The van der Waals surface area contributed by atoms with Gasteiger partial charge in [0.15, 0.2) is 6.29 Å². The molecule has 6 heteroatoms. The van der Waals surface area contributed by atoms with Crippen LogP contribution in [-0.2, 0) is 61.5 Å². The highest BCUT2D eigenvalue weighted by molar-refractivity contribution is 5.17. The molecule has 0 radical (unpaired) electrons. The Hall–Kier alpha value is -4.14. The van der Waals surface area contributed by atoms with Crippen LogP contribution in [0.25, 0.3) is 0 Å². The molecule has 5 aromatic rings. The smallest absolute Gasteiger partial charge is 0.187 e. The minimum atomic E-state index is -0.735. The highest BCUT2D eigenvalue weighted by atomic mass is 16.7. The summed E-state index contributed by atoms with van der Waals surface area (Å²) in [5.41, 5.74) is 5.29. The molecule has 1 fully saturated rings. The molecule has 0 aromatic heterocycles. The molecule has 1 aliphatic rings. The molecule has 47 heavy (non-hydrogen) atoms. The average Bonchev–Trinajstić information content (AvgIpc) is 3.14. The number of benzene rings is 5. The summed E-state index contributed by atoms with van der Waals surface area (Å²) in [5.74, 6) is 0. The maximum Gasteiger partial charge on any atom is 0.187 e. The lowest BCUT2D eigenvalue weighted by molar-refractivity contribution is -0.330. The van der Waals surface area contributed by atoms with E-state index in [2.05, 4.69) is 36.4 Å². The van der Waals surface area contributed by atoms with Gasteiger partial charge < -0.3 is 28.4 Å². The van der Waals surface area contributed by atoms with Gasteiger partial charge in [0.25, 0.3) is 0 Å². The summed E-state index contributed by atoms with van der Waals surface area (Å²) >= 11 is 0. The van der Waals surface area contributed by atoms with Gasteiger partial charge in [0.05, 0.1) is 39.6 Å². The third kappa shape index (κ3) is 9.92. The molecule has 6 nitrogen and oxygen atoms in total. The third-order valence-electron chi connectivity index (χ3n) is 8.10. The minimum absolute atomic E-state index is 0.288. The zero-order valence-electron chi connectivity index (χ0n) is 26.5. The van der Waals surface area contributed by atoms with Gasteiger partial charge in [0.1, 0.15) is 24.4 Å². The number of rotatable bonds is 16. The molecule has 5 aromatic carbocycles. The van der Waals surface area contributed by atoms with E-state index in [0.717, 1.165) is 27.8 Å². The first-order valence-corrected chi connectivity index (χ1v) is 16.2. The van der Waals surface area contributed by atoms with E-state index in [9.17, 15) is 0 Å². The van der Waals surface area contributed by atoms with Crippen molar-refractivity contribution in [3.63, 3.8) is 0 Å². The van der Waals surface area contributed by atoms with Gasteiger partial charge in [-0.25, -0.2) is 0 Å². The van der Waals surface area contributed by atoms with Crippen molar-refractivity contribution in [3.05, 3.63) is 179 Å². The molecule has 0 aliphatic carbocycles. The Balaban J connectivity index is 1.29. The van der Waals surface area contributed by atoms with Gasteiger partial charge in [0.2, 0.25) is 0 Å². The molecule has 0 bridgehead atoms. The van der Waals surface area contributed by atoms with Crippen LogP contribution in [0, 0.1) is 0 Å². The van der Waals surface area contributed by atoms with Gasteiger partial charge in [-0.2, -0.15) is 0 Å². The molecule has 6 rings (SSSR count). The maximum absolute atomic E-state index is 6.78. The van der Waals surface area contributed by atoms with Gasteiger partial charge in [-0.05, 0) is 27.8 Å². The summed E-state index contributed by atoms with van der Waals surface area (Å²) in [7, 11) is 0. The minimum Gasteiger partial charge on any atom is -0.374 e. The predicted octanol–water partition coefficient (Wildman–Crippen LogP) is 7.90. The lowest BCUT2D eigenvalue weighted by Crippen LogP contribution is -2.61. The van der Waals surface area contributed by atoms with Crippen LogP contribution in [0.5, 0.6) is 0 Å². The van der Waals surface area contributed by atoms with Crippen LogP contribution in [0.15, 0.2) is 152 Å². The molecular formula is C41H42O6. The Morgan fingerprint density at radius 1 is 0.362 bits per heavy atom. The second-order valence-electron chi connectivity index (χ2n) is 11.6. The van der Waals surface area contributed by atoms with Gasteiger partial charge in [0, 0.05) is 0 Å². The van der Waals surface area contributed by atoms with E-state index in [-0.39, 0.29) is 6.61 Å². The summed E-state index contributed by atoms with van der Waals surface area (Å²) in [5, 5.41) is 0. The Morgan fingerprint density at radius 2 is 0.702 bits per heavy atom. The first-order valence-electron chi connectivity index (χ1n) is 16.2. The van der Waals surface area contributed by atoms with Crippen LogP contribution in [0.4, 0.5) is 0 Å². The molecule has 0 N–H and O–H groups in total. The Kier molecular flexibility index (Phi) is 12.3. The molecule has 0 amide bonds. The lowest BCUT2D eigenvalue weighted by Gasteiger charge is -2.46. The SMILES string of the molecule is c1ccc(COC[C@H]2O[C@H](OCc3ccccc3)[C@@H](OCc3ccccc3)[C@@H](OCc3ccccc3)[C@@H]2OCc2ccccc2)cc1. The van der Waals surface area contributed by atoms with Crippen LogP contribution in [-0.4, -0.2) is 37.3 Å². The van der Waals surface area contributed by atoms with Gasteiger partial charge in [-0.15, -0.1) is 0 Å². The van der Waals surface area contributed by atoms with Crippen LogP contribution < -0.4 is 0 Å². The number of hydrogen-bond acceptors (Lipinski definition) is 6. The molecular weight excluding hydrogens is 588 g/mol. The molecule has 0 unspecified atom stereocenters. The quantitative estimate of drug-likeness (QED) is 0.111. The fourth-order valence-electron chi connectivity index (χ4n) is 5.63. The monoisotopic (exact) mass is 630 g/mol. The van der Waals surface area contributed by atoms with Crippen LogP contribution in [0.2, 0.25) is 0 Å². The highest BCUT2D eigenvalue weighted by Crippen LogP contribution is 2.32. The van der Waals surface area contributed by atoms with E-state index in [1.54, 1.807) is 0 Å². The normalized spacial score (nSPS) is 21.0. The Labute approximate surface area is 277 Å². The van der Waals surface area contributed by atoms with E-state index in [1.165, 1.54) is 0 Å². The van der Waals surface area contributed by atoms with Gasteiger partial charge in [-0.1, -0.05) is 152 Å². The highest BCUT2D eigenvalue weighted by Gasteiger charge is 2.49. The average molecular weight is 631 g/mol.